The second-order valence-corrected chi connectivity index (χ2v) is 4.81. The maximum atomic E-state index is 11.9. The van der Waals surface area contributed by atoms with Crippen molar-refractivity contribution < 1.29 is 9.59 Å². The highest BCUT2D eigenvalue weighted by atomic mass is 16.2. The number of piperazine rings is 1. The van der Waals surface area contributed by atoms with Gasteiger partial charge < -0.3 is 10.6 Å². The van der Waals surface area contributed by atoms with Gasteiger partial charge in [0.2, 0.25) is 5.91 Å². The fourth-order valence-corrected chi connectivity index (χ4v) is 2.27. The molecule has 20 heavy (non-hydrogen) atoms. The summed E-state index contributed by atoms with van der Waals surface area (Å²) >= 11 is 0. The molecule has 1 fully saturated rings. The molecular weight excluding hydrogens is 252 g/mol. The average molecular weight is 266 g/mol. The van der Waals surface area contributed by atoms with Gasteiger partial charge >= 0.3 is 0 Å². The maximum Gasteiger partial charge on any atom is 0.268 e. The molecular formula is C16H14N2O2. The molecule has 1 aliphatic rings. The van der Waals surface area contributed by atoms with Crippen molar-refractivity contribution >= 4 is 28.7 Å². The van der Waals surface area contributed by atoms with Crippen LogP contribution in [0.4, 0.5) is 0 Å². The van der Waals surface area contributed by atoms with E-state index in [0.717, 1.165) is 16.3 Å². The van der Waals surface area contributed by atoms with Crippen LogP contribution in [0.25, 0.3) is 16.8 Å². The summed E-state index contributed by atoms with van der Waals surface area (Å²) in [5.41, 5.74) is 1.19. The normalized spacial score (nSPS) is 20.9. The molecule has 4 nitrogen and oxygen atoms in total. The van der Waals surface area contributed by atoms with Gasteiger partial charge in [0, 0.05) is 0 Å². The first-order chi connectivity index (χ1) is 9.65. The molecule has 0 spiro atoms. The number of carbonyl (C=O) groups excluding carboxylic acids is 2. The van der Waals surface area contributed by atoms with Crippen LogP contribution >= 0.6 is 0 Å². The van der Waals surface area contributed by atoms with Crippen molar-refractivity contribution in [2.45, 2.75) is 13.0 Å². The zero-order chi connectivity index (χ0) is 14.1. The third-order valence-electron chi connectivity index (χ3n) is 3.37. The highest BCUT2D eigenvalue weighted by molar-refractivity contribution is 6.08. The fourth-order valence-electron chi connectivity index (χ4n) is 2.27. The van der Waals surface area contributed by atoms with Gasteiger partial charge in [-0.1, -0.05) is 42.5 Å². The summed E-state index contributed by atoms with van der Waals surface area (Å²) in [6.07, 6.45) is 1.71. The largest absolute Gasteiger partial charge is 0.339 e. The summed E-state index contributed by atoms with van der Waals surface area (Å²) in [5, 5.41) is 7.41. The number of amides is 2. The van der Waals surface area contributed by atoms with Gasteiger partial charge in [-0.05, 0) is 29.3 Å². The van der Waals surface area contributed by atoms with Gasteiger partial charge in [-0.15, -0.1) is 0 Å². The van der Waals surface area contributed by atoms with Crippen LogP contribution in [0.3, 0.4) is 0 Å². The minimum absolute atomic E-state index is 0.198. The van der Waals surface area contributed by atoms with Crippen molar-refractivity contribution in [3.8, 4) is 0 Å². The van der Waals surface area contributed by atoms with Gasteiger partial charge in [-0.3, -0.25) is 9.59 Å². The van der Waals surface area contributed by atoms with Crippen LogP contribution in [-0.4, -0.2) is 17.9 Å². The molecule has 4 heteroatoms. The Balaban J connectivity index is 2.06. The molecule has 1 atom stereocenters. The Bertz CT molecular complexity index is 729. The Morgan fingerprint density at radius 3 is 2.65 bits per heavy atom. The van der Waals surface area contributed by atoms with Crippen LogP contribution in [0, 0.1) is 0 Å². The first-order valence-electron chi connectivity index (χ1n) is 6.46. The molecule has 100 valence electrons. The summed E-state index contributed by atoms with van der Waals surface area (Å²) in [4.78, 5) is 23.5. The molecule has 0 aliphatic carbocycles. The van der Waals surface area contributed by atoms with Crippen LogP contribution in [-0.2, 0) is 9.59 Å². The van der Waals surface area contributed by atoms with Crippen LogP contribution < -0.4 is 10.6 Å². The third kappa shape index (κ3) is 2.16. The lowest BCUT2D eigenvalue weighted by molar-refractivity contribution is -0.130. The van der Waals surface area contributed by atoms with Crippen LogP contribution in [0.15, 0.2) is 48.2 Å². The lowest BCUT2D eigenvalue weighted by Gasteiger charge is -2.22. The standard InChI is InChI=1S/C16H14N2O2/c1-10-15(19)18-14(16(20)17-10)9-12-7-4-6-11-5-2-3-8-13(11)12/h2-10H,1H3,(H,17,20)(H,18,19). The zero-order valence-electron chi connectivity index (χ0n) is 11.0. The monoisotopic (exact) mass is 266 g/mol. The van der Waals surface area contributed by atoms with E-state index in [4.69, 9.17) is 0 Å². The molecule has 1 unspecified atom stereocenters. The second-order valence-electron chi connectivity index (χ2n) is 4.81. The number of hydrogen-bond donors (Lipinski definition) is 2. The van der Waals surface area contributed by atoms with Gasteiger partial charge in [0.15, 0.2) is 0 Å². The van der Waals surface area contributed by atoms with E-state index in [1.165, 1.54) is 0 Å². The van der Waals surface area contributed by atoms with Gasteiger partial charge in [-0.25, -0.2) is 0 Å². The topological polar surface area (TPSA) is 58.2 Å². The molecule has 2 aromatic carbocycles. The van der Waals surface area contributed by atoms with Crippen LogP contribution in [0.2, 0.25) is 0 Å². The highest BCUT2D eigenvalue weighted by Gasteiger charge is 2.26. The first kappa shape index (κ1) is 12.4. The lowest BCUT2D eigenvalue weighted by Crippen LogP contribution is -2.53. The number of benzene rings is 2. The molecule has 2 amide bonds. The molecule has 2 aromatic rings. The summed E-state index contributed by atoms with van der Waals surface area (Å²) in [6, 6.07) is 13.3. The van der Waals surface area contributed by atoms with Crippen LogP contribution in [0.1, 0.15) is 12.5 Å². The quantitative estimate of drug-likeness (QED) is 0.773. The van der Waals surface area contributed by atoms with E-state index >= 15 is 0 Å². The van der Waals surface area contributed by atoms with Crippen molar-refractivity contribution in [3.05, 3.63) is 53.7 Å². The van der Waals surface area contributed by atoms with E-state index in [2.05, 4.69) is 10.6 Å². The van der Waals surface area contributed by atoms with Crippen molar-refractivity contribution in [2.24, 2.45) is 0 Å². The average Bonchev–Trinajstić information content (AvgIpc) is 2.45. The minimum atomic E-state index is -0.493. The van der Waals surface area contributed by atoms with Crippen LogP contribution in [0.5, 0.6) is 0 Å². The molecule has 0 aromatic heterocycles. The predicted octanol–water partition coefficient (Wildman–Crippen LogP) is 1.82. The molecule has 0 radical (unpaired) electrons. The Hall–Kier alpha value is -2.62. The number of carbonyl (C=O) groups is 2. The molecule has 1 aliphatic heterocycles. The van der Waals surface area contributed by atoms with E-state index in [9.17, 15) is 9.59 Å². The van der Waals surface area contributed by atoms with Gasteiger partial charge in [0.05, 0.1) is 0 Å². The summed E-state index contributed by atoms with van der Waals surface area (Å²) in [7, 11) is 0. The minimum Gasteiger partial charge on any atom is -0.339 e. The summed E-state index contributed by atoms with van der Waals surface area (Å²) in [6.45, 7) is 1.65. The van der Waals surface area contributed by atoms with Gasteiger partial charge in [-0.2, -0.15) is 0 Å². The van der Waals surface area contributed by atoms with E-state index in [1.54, 1.807) is 13.0 Å². The molecule has 2 N–H and O–H groups in total. The van der Waals surface area contributed by atoms with Crippen molar-refractivity contribution in [3.63, 3.8) is 0 Å². The van der Waals surface area contributed by atoms with E-state index in [1.807, 2.05) is 42.5 Å². The van der Waals surface area contributed by atoms with Crippen molar-refractivity contribution in [2.75, 3.05) is 0 Å². The summed E-state index contributed by atoms with van der Waals surface area (Å²) in [5.74, 6) is -0.457. The first-order valence-corrected chi connectivity index (χ1v) is 6.46. The smallest absolute Gasteiger partial charge is 0.268 e. The van der Waals surface area contributed by atoms with E-state index in [0.29, 0.717) is 0 Å². The Morgan fingerprint density at radius 1 is 1.05 bits per heavy atom. The number of nitrogens with one attached hydrogen (secondary N) is 2. The zero-order valence-corrected chi connectivity index (χ0v) is 11.0. The molecule has 0 saturated carbocycles. The van der Waals surface area contributed by atoms with E-state index < -0.39 is 6.04 Å². The van der Waals surface area contributed by atoms with Crippen molar-refractivity contribution in [1.82, 2.24) is 10.6 Å². The highest BCUT2D eigenvalue weighted by Crippen LogP contribution is 2.21. The Kier molecular flexibility index (Phi) is 2.99. The van der Waals surface area contributed by atoms with Gasteiger partial charge in [0.25, 0.3) is 5.91 Å². The summed E-state index contributed by atoms with van der Waals surface area (Å²) < 4.78 is 0. The Morgan fingerprint density at radius 2 is 1.80 bits per heavy atom. The predicted molar refractivity (Wildman–Crippen MR) is 77.7 cm³/mol. The SMILES string of the molecule is CC1NC(=O)C(=Cc2cccc3ccccc23)NC1=O. The molecule has 1 saturated heterocycles. The second kappa shape index (κ2) is 4.81. The molecule has 0 bridgehead atoms. The number of hydrogen-bond acceptors (Lipinski definition) is 2. The molecule has 1 heterocycles. The maximum absolute atomic E-state index is 11.9. The van der Waals surface area contributed by atoms with E-state index in [-0.39, 0.29) is 17.5 Å². The number of fused-ring (bicyclic) bond motifs is 1. The van der Waals surface area contributed by atoms with Crippen molar-refractivity contribution in [1.29, 1.82) is 0 Å². The van der Waals surface area contributed by atoms with Gasteiger partial charge in [0.1, 0.15) is 11.7 Å². The Labute approximate surface area is 116 Å². The molecule has 3 rings (SSSR count). The number of rotatable bonds is 1. The fraction of sp³-hybridized carbons (Fsp3) is 0.125. The lowest BCUT2D eigenvalue weighted by atomic mass is 10.0. The third-order valence-corrected chi connectivity index (χ3v) is 3.37.